The van der Waals surface area contributed by atoms with Gasteiger partial charge in [0.1, 0.15) is 0 Å². The van der Waals surface area contributed by atoms with Crippen LogP contribution in [0.25, 0.3) is 0 Å². The van der Waals surface area contributed by atoms with E-state index >= 15 is 0 Å². The van der Waals surface area contributed by atoms with Gasteiger partial charge in [0.05, 0.1) is 12.7 Å². The Balaban J connectivity index is 0.00000161. The zero-order valence-corrected chi connectivity index (χ0v) is 13.6. The fourth-order valence-electron chi connectivity index (χ4n) is 2.49. The fourth-order valence-corrected chi connectivity index (χ4v) is 3.20. The summed E-state index contributed by atoms with van der Waals surface area (Å²) in [6.07, 6.45) is 2.03. The Morgan fingerprint density at radius 2 is 2.14 bits per heavy atom. The van der Waals surface area contributed by atoms with Crippen LogP contribution in [0, 0.1) is 0 Å². The molecule has 1 aliphatic rings. The second-order valence-electron chi connectivity index (χ2n) is 5.18. The van der Waals surface area contributed by atoms with Crippen LogP contribution in [0.5, 0.6) is 0 Å². The monoisotopic (exact) mass is 325 g/mol. The van der Waals surface area contributed by atoms with Crippen molar-refractivity contribution in [3.05, 3.63) is 47.0 Å². The molecule has 0 saturated carbocycles. The predicted octanol–water partition coefficient (Wildman–Crippen LogP) is 3.11. The summed E-state index contributed by atoms with van der Waals surface area (Å²) < 4.78 is 5.97. The highest BCUT2D eigenvalue weighted by atomic mass is 35.5. The van der Waals surface area contributed by atoms with Crippen LogP contribution in [-0.2, 0) is 11.3 Å². The minimum absolute atomic E-state index is 0. The zero-order valence-electron chi connectivity index (χ0n) is 11.9. The Labute approximate surface area is 135 Å². The highest BCUT2D eigenvalue weighted by Gasteiger charge is 2.27. The van der Waals surface area contributed by atoms with Crippen molar-refractivity contribution >= 4 is 28.9 Å². The van der Waals surface area contributed by atoms with E-state index in [1.54, 1.807) is 11.3 Å². The van der Waals surface area contributed by atoms with Gasteiger partial charge >= 0.3 is 0 Å². The van der Waals surface area contributed by atoms with Gasteiger partial charge in [-0.05, 0) is 12.5 Å². The van der Waals surface area contributed by atoms with E-state index in [9.17, 15) is 0 Å². The standard InChI is InChI=1S/C15H19N3OS.ClH/c1-11-10-19-14(12-5-3-2-4-6-12)9-18(11)8-13-7-17-15(16)20-13;/h2-7,11,14H,8-10H2,1H3,(H2,16,17);1H. The summed E-state index contributed by atoms with van der Waals surface area (Å²) in [7, 11) is 0. The Kier molecular flexibility index (Phi) is 5.58. The number of nitrogens with two attached hydrogens (primary N) is 1. The maximum atomic E-state index is 5.97. The Morgan fingerprint density at radius 3 is 2.81 bits per heavy atom. The molecule has 2 unspecified atom stereocenters. The second kappa shape index (κ2) is 7.22. The van der Waals surface area contributed by atoms with E-state index in [2.05, 4.69) is 41.1 Å². The summed E-state index contributed by atoms with van der Waals surface area (Å²) in [4.78, 5) is 7.77. The smallest absolute Gasteiger partial charge is 0.180 e. The molecular weight excluding hydrogens is 306 g/mol. The lowest BCUT2D eigenvalue weighted by atomic mass is 10.1. The molecule has 1 aromatic heterocycles. The molecular formula is C15H20ClN3OS. The van der Waals surface area contributed by atoms with E-state index in [4.69, 9.17) is 10.5 Å². The molecule has 1 fully saturated rings. The molecule has 4 nitrogen and oxygen atoms in total. The van der Waals surface area contributed by atoms with Gasteiger partial charge in [0.15, 0.2) is 5.13 Å². The maximum absolute atomic E-state index is 5.97. The summed E-state index contributed by atoms with van der Waals surface area (Å²) >= 11 is 1.56. The van der Waals surface area contributed by atoms with E-state index in [0.29, 0.717) is 11.2 Å². The fraction of sp³-hybridized carbons (Fsp3) is 0.400. The third-order valence-electron chi connectivity index (χ3n) is 3.66. The zero-order chi connectivity index (χ0) is 13.9. The van der Waals surface area contributed by atoms with Gasteiger partial charge in [0.25, 0.3) is 0 Å². The van der Waals surface area contributed by atoms with Gasteiger partial charge < -0.3 is 10.5 Å². The van der Waals surface area contributed by atoms with Crippen molar-refractivity contribution in [2.75, 3.05) is 18.9 Å². The largest absolute Gasteiger partial charge is 0.375 e. The molecule has 2 aromatic rings. The van der Waals surface area contributed by atoms with Crippen LogP contribution in [0.2, 0.25) is 0 Å². The number of halogens is 1. The first-order valence-corrected chi connectivity index (χ1v) is 7.65. The summed E-state index contributed by atoms with van der Waals surface area (Å²) in [6, 6.07) is 10.8. The average Bonchev–Trinajstić information content (AvgIpc) is 2.88. The van der Waals surface area contributed by atoms with Crippen molar-refractivity contribution in [1.29, 1.82) is 0 Å². The number of thiazole rings is 1. The van der Waals surface area contributed by atoms with E-state index in [-0.39, 0.29) is 18.5 Å². The van der Waals surface area contributed by atoms with E-state index in [0.717, 1.165) is 19.7 Å². The third-order valence-corrected chi connectivity index (χ3v) is 4.48. The molecule has 0 radical (unpaired) electrons. The highest BCUT2D eigenvalue weighted by molar-refractivity contribution is 7.15. The summed E-state index contributed by atoms with van der Waals surface area (Å²) in [5.41, 5.74) is 6.94. The number of aromatic nitrogens is 1. The number of benzene rings is 1. The number of hydrogen-bond acceptors (Lipinski definition) is 5. The van der Waals surface area contributed by atoms with Crippen LogP contribution in [0.3, 0.4) is 0 Å². The second-order valence-corrected chi connectivity index (χ2v) is 6.32. The van der Waals surface area contributed by atoms with Crippen molar-refractivity contribution in [2.45, 2.75) is 25.6 Å². The van der Waals surface area contributed by atoms with Crippen LogP contribution in [-0.4, -0.2) is 29.1 Å². The van der Waals surface area contributed by atoms with Gasteiger partial charge in [0, 0.05) is 30.2 Å². The van der Waals surface area contributed by atoms with Crippen LogP contribution < -0.4 is 5.73 Å². The van der Waals surface area contributed by atoms with Gasteiger partial charge in [-0.2, -0.15) is 0 Å². The molecule has 2 N–H and O–H groups in total. The van der Waals surface area contributed by atoms with E-state index in [1.807, 2.05) is 12.3 Å². The first-order chi connectivity index (χ1) is 9.72. The van der Waals surface area contributed by atoms with Crippen molar-refractivity contribution in [2.24, 2.45) is 0 Å². The molecule has 6 heteroatoms. The molecule has 2 atom stereocenters. The van der Waals surface area contributed by atoms with E-state index in [1.165, 1.54) is 10.4 Å². The number of nitrogen functional groups attached to an aromatic ring is 1. The highest BCUT2D eigenvalue weighted by Crippen LogP contribution is 2.27. The van der Waals surface area contributed by atoms with Gasteiger partial charge in [-0.25, -0.2) is 4.98 Å². The van der Waals surface area contributed by atoms with Gasteiger partial charge in [-0.1, -0.05) is 30.3 Å². The minimum Gasteiger partial charge on any atom is -0.375 e. The maximum Gasteiger partial charge on any atom is 0.180 e. The van der Waals surface area contributed by atoms with Gasteiger partial charge in [-0.3, -0.25) is 4.90 Å². The molecule has 114 valence electrons. The number of anilines is 1. The van der Waals surface area contributed by atoms with Crippen molar-refractivity contribution in [3.8, 4) is 0 Å². The van der Waals surface area contributed by atoms with Crippen LogP contribution >= 0.6 is 23.7 Å². The normalized spacial score (nSPS) is 22.7. The van der Waals surface area contributed by atoms with E-state index < -0.39 is 0 Å². The molecule has 0 bridgehead atoms. The summed E-state index contributed by atoms with van der Waals surface area (Å²) in [5.74, 6) is 0. The molecule has 0 spiro atoms. The average molecular weight is 326 g/mol. The molecule has 1 aliphatic heterocycles. The number of ether oxygens (including phenoxy) is 1. The molecule has 3 rings (SSSR count). The first-order valence-electron chi connectivity index (χ1n) is 6.83. The lowest BCUT2D eigenvalue weighted by molar-refractivity contribution is -0.0630. The van der Waals surface area contributed by atoms with Crippen molar-refractivity contribution in [1.82, 2.24) is 9.88 Å². The summed E-state index contributed by atoms with van der Waals surface area (Å²) in [5, 5.41) is 0.639. The Hall–Kier alpha value is -1.14. The lowest BCUT2D eigenvalue weighted by Gasteiger charge is -2.37. The first kappa shape index (κ1) is 16.2. The van der Waals surface area contributed by atoms with Gasteiger partial charge in [-0.15, -0.1) is 23.7 Å². The quantitative estimate of drug-likeness (QED) is 0.942. The van der Waals surface area contributed by atoms with Crippen molar-refractivity contribution < 1.29 is 4.74 Å². The van der Waals surface area contributed by atoms with Crippen molar-refractivity contribution in [3.63, 3.8) is 0 Å². The van der Waals surface area contributed by atoms with Crippen LogP contribution in [0.1, 0.15) is 23.5 Å². The molecule has 2 heterocycles. The van der Waals surface area contributed by atoms with Crippen LogP contribution in [0.15, 0.2) is 36.5 Å². The number of hydrogen-bond donors (Lipinski definition) is 1. The molecule has 21 heavy (non-hydrogen) atoms. The Morgan fingerprint density at radius 1 is 1.38 bits per heavy atom. The number of rotatable bonds is 3. The minimum atomic E-state index is 0. The number of morpholine rings is 1. The lowest BCUT2D eigenvalue weighted by Crippen LogP contribution is -2.44. The molecule has 0 aliphatic carbocycles. The third kappa shape index (κ3) is 3.95. The topological polar surface area (TPSA) is 51.4 Å². The van der Waals surface area contributed by atoms with Gasteiger partial charge in [0.2, 0.25) is 0 Å². The van der Waals surface area contributed by atoms with Crippen LogP contribution in [0.4, 0.5) is 5.13 Å². The Bertz CT molecular complexity index is 563. The SMILES string of the molecule is CC1COC(c2ccccc2)CN1Cc1cnc(N)s1.Cl. The summed E-state index contributed by atoms with van der Waals surface area (Å²) in [6.45, 7) is 4.76. The molecule has 1 aromatic carbocycles. The molecule has 1 saturated heterocycles. The molecule has 0 amide bonds. The number of nitrogens with zero attached hydrogens (tertiary/aromatic N) is 2. The predicted molar refractivity (Wildman–Crippen MR) is 88.8 cm³/mol.